The molecule has 0 aliphatic rings. The SMILES string of the molecule is CN(C(=O)OC(C)(C)C)S(=O)(=O)Cc1ccc2c(c1)c(CBr)cn2C(=O)OC(C)(C)C. The maximum atomic E-state index is 12.7. The van der Waals surface area contributed by atoms with Crippen LogP contribution in [0.2, 0.25) is 0 Å². The summed E-state index contributed by atoms with van der Waals surface area (Å²) < 4.78 is 38.1. The van der Waals surface area contributed by atoms with Crippen molar-refractivity contribution in [3.8, 4) is 0 Å². The van der Waals surface area contributed by atoms with Crippen molar-refractivity contribution in [2.75, 3.05) is 7.05 Å². The Hall–Kier alpha value is -2.07. The Morgan fingerprint density at radius 2 is 1.65 bits per heavy atom. The Labute approximate surface area is 191 Å². The fourth-order valence-electron chi connectivity index (χ4n) is 2.75. The van der Waals surface area contributed by atoms with Crippen molar-refractivity contribution in [3.05, 3.63) is 35.5 Å². The zero-order valence-corrected chi connectivity index (χ0v) is 21.3. The van der Waals surface area contributed by atoms with Crippen LogP contribution in [-0.4, -0.2) is 47.7 Å². The average molecular weight is 517 g/mol. The molecule has 2 rings (SSSR count). The summed E-state index contributed by atoms with van der Waals surface area (Å²) in [6, 6.07) is 4.98. The zero-order valence-electron chi connectivity index (χ0n) is 18.9. The van der Waals surface area contributed by atoms with E-state index < -0.39 is 39.2 Å². The summed E-state index contributed by atoms with van der Waals surface area (Å²) in [7, 11) is -2.79. The van der Waals surface area contributed by atoms with Crippen molar-refractivity contribution in [2.45, 2.75) is 63.8 Å². The van der Waals surface area contributed by atoms with Gasteiger partial charge < -0.3 is 9.47 Å². The van der Waals surface area contributed by atoms with Crippen LogP contribution in [0.1, 0.15) is 52.7 Å². The molecule has 172 valence electrons. The maximum Gasteiger partial charge on any atom is 0.423 e. The van der Waals surface area contributed by atoms with E-state index in [9.17, 15) is 18.0 Å². The van der Waals surface area contributed by atoms with E-state index in [2.05, 4.69) is 15.9 Å². The van der Waals surface area contributed by atoms with Gasteiger partial charge in [-0.25, -0.2) is 22.3 Å². The van der Waals surface area contributed by atoms with Gasteiger partial charge in [0.2, 0.25) is 10.0 Å². The van der Waals surface area contributed by atoms with Crippen LogP contribution in [0.3, 0.4) is 0 Å². The highest BCUT2D eigenvalue weighted by atomic mass is 79.9. The van der Waals surface area contributed by atoms with E-state index in [0.29, 0.717) is 20.7 Å². The van der Waals surface area contributed by atoms with E-state index in [0.717, 1.165) is 10.9 Å². The van der Waals surface area contributed by atoms with E-state index in [1.807, 2.05) is 0 Å². The summed E-state index contributed by atoms with van der Waals surface area (Å²) in [5, 5.41) is 1.18. The molecule has 0 fully saturated rings. The molecule has 0 aliphatic heterocycles. The third-order valence-electron chi connectivity index (χ3n) is 4.10. The molecule has 0 saturated carbocycles. The maximum absolute atomic E-state index is 12.7. The second-order valence-corrected chi connectivity index (χ2v) is 11.8. The summed E-state index contributed by atoms with van der Waals surface area (Å²) in [6.45, 7) is 10.3. The molecule has 0 spiro atoms. The van der Waals surface area contributed by atoms with Gasteiger partial charge in [-0.2, -0.15) is 0 Å². The standard InChI is InChI=1S/C21H29BrN2O6S/c1-20(2,3)29-18(25)23(7)31(27,28)13-14-8-9-17-16(10-14)15(11-22)12-24(17)19(26)30-21(4,5)6/h8-10,12H,11,13H2,1-7H3. The fourth-order valence-corrected chi connectivity index (χ4v) is 4.26. The third kappa shape index (κ3) is 6.46. The largest absolute Gasteiger partial charge is 0.443 e. The topological polar surface area (TPSA) is 94.9 Å². The molecule has 0 unspecified atom stereocenters. The first-order valence-electron chi connectivity index (χ1n) is 9.66. The molecular weight excluding hydrogens is 488 g/mol. The lowest BCUT2D eigenvalue weighted by Crippen LogP contribution is -2.38. The molecule has 2 aromatic rings. The van der Waals surface area contributed by atoms with Gasteiger partial charge in [0.15, 0.2) is 0 Å². The highest BCUT2D eigenvalue weighted by Crippen LogP contribution is 2.27. The van der Waals surface area contributed by atoms with Gasteiger partial charge in [0.1, 0.15) is 11.2 Å². The number of halogens is 1. The van der Waals surface area contributed by atoms with Crippen molar-refractivity contribution >= 4 is 49.0 Å². The van der Waals surface area contributed by atoms with Gasteiger partial charge in [0.05, 0.1) is 11.3 Å². The van der Waals surface area contributed by atoms with E-state index in [1.54, 1.807) is 65.9 Å². The molecule has 0 radical (unpaired) electrons. The summed E-state index contributed by atoms with van der Waals surface area (Å²) >= 11 is 3.41. The highest BCUT2D eigenvalue weighted by Gasteiger charge is 2.29. The summed E-state index contributed by atoms with van der Waals surface area (Å²) in [4.78, 5) is 24.7. The lowest BCUT2D eigenvalue weighted by Gasteiger charge is -2.24. The van der Waals surface area contributed by atoms with Crippen LogP contribution in [0.4, 0.5) is 9.59 Å². The van der Waals surface area contributed by atoms with Crippen LogP contribution < -0.4 is 0 Å². The Kier molecular flexibility index (Phi) is 7.17. The molecule has 1 aromatic carbocycles. The Balaban J connectivity index is 2.36. The van der Waals surface area contributed by atoms with Crippen molar-refractivity contribution in [1.29, 1.82) is 0 Å². The third-order valence-corrected chi connectivity index (χ3v) is 6.39. The van der Waals surface area contributed by atoms with Crippen LogP contribution >= 0.6 is 15.9 Å². The molecule has 0 atom stereocenters. The number of nitrogens with zero attached hydrogens (tertiary/aromatic N) is 2. The van der Waals surface area contributed by atoms with Crippen molar-refractivity contribution in [2.24, 2.45) is 0 Å². The summed E-state index contributed by atoms with van der Waals surface area (Å²) in [6.07, 6.45) is 0.207. The summed E-state index contributed by atoms with van der Waals surface area (Å²) in [5.74, 6) is -0.391. The number of sulfonamides is 1. The summed E-state index contributed by atoms with van der Waals surface area (Å²) in [5.41, 5.74) is 0.426. The minimum Gasteiger partial charge on any atom is -0.443 e. The van der Waals surface area contributed by atoms with E-state index >= 15 is 0 Å². The van der Waals surface area contributed by atoms with E-state index in [-0.39, 0.29) is 0 Å². The minimum absolute atomic E-state index is 0.391. The van der Waals surface area contributed by atoms with Crippen LogP contribution in [-0.2, 0) is 30.6 Å². The van der Waals surface area contributed by atoms with Crippen LogP contribution in [0.25, 0.3) is 10.9 Å². The quantitative estimate of drug-likeness (QED) is 0.529. The van der Waals surface area contributed by atoms with Gasteiger partial charge in [-0.05, 0) is 64.8 Å². The predicted molar refractivity (Wildman–Crippen MR) is 123 cm³/mol. The highest BCUT2D eigenvalue weighted by molar-refractivity contribution is 9.08. The molecule has 0 bridgehead atoms. The second-order valence-electron chi connectivity index (χ2n) is 9.19. The Bertz CT molecular complexity index is 1090. The normalized spacial score (nSPS) is 12.6. The first-order valence-corrected chi connectivity index (χ1v) is 12.4. The monoisotopic (exact) mass is 516 g/mol. The number of amides is 1. The number of ether oxygens (including phenoxy) is 2. The van der Waals surface area contributed by atoms with Gasteiger partial charge in [0, 0.05) is 24.0 Å². The number of alkyl halides is 1. The first-order chi connectivity index (χ1) is 14.0. The van der Waals surface area contributed by atoms with Crippen LogP contribution in [0.15, 0.2) is 24.4 Å². The number of benzene rings is 1. The lowest BCUT2D eigenvalue weighted by molar-refractivity contribution is 0.0419. The van der Waals surface area contributed by atoms with Gasteiger partial charge in [-0.1, -0.05) is 22.0 Å². The molecule has 1 heterocycles. The van der Waals surface area contributed by atoms with Crippen LogP contribution in [0, 0.1) is 0 Å². The number of aromatic nitrogens is 1. The smallest absolute Gasteiger partial charge is 0.423 e. The van der Waals surface area contributed by atoms with E-state index in [4.69, 9.17) is 9.47 Å². The van der Waals surface area contributed by atoms with E-state index in [1.165, 1.54) is 11.6 Å². The molecule has 0 N–H and O–H groups in total. The molecule has 0 aliphatic carbocycles. The van der Waals surface area contributed by atoms with Gasteiger partial charge in [-0.15, -0.1) is 0 Å². The number of hydrogen-bond donors (Lipinski definition) is 0. The Morgan fingerprint density at radius 1 is 1.06 bits per heavy atom. The van der Waals surface area contributed by atoms with Gasteiger partial charge in [0.25, 0.3) is 0 Å². The lowest BCUT2D eigenvalue weighted by atomic mass is 10.1. The number of hydrogen-bond acceptors (Lipinski definition) is 6. The first kappa shape index (κ1) is 25.2. The molecule has 8 nitrogen and oxygen atoms in total. The Morgan fingerprint density at radius 3 is 2.16 bits per heavy atom. The molecule has 1 amide bonds. The van der Waals surface area contributed by atoms with Crippen molar-refractivity contribution < 1.29 is 27.5 Å². The fraction of sp³-hybridized carbons (Fsp3) is 0.524. The van der Waals surface area contributed by atoms with Crippen molar-refractivity contribution in [1.82, 2.24) is 8.87 Å². The second kappa shape index (κ2) is 8.82. The molecule has 31 heavy (non-hydrogen) atoms. The van der Waals surface area contributed by atoms with Gasteiger partial charge in [-0.3, -0.25) is 4.57 Å². The zero-order chi connectivity index (χ0) is 23.8. The average Bonchev–Trinajstić information content (AvgIpc) is 2.95. The number of fused-ring (bicyclic) bond motifs is 1. The predicted octanol–water partition coefficient (Wildman–Crippen LogP) is 5.02. The van der Waals surface area contributed by atoms with Crippen molar-refractivity contribution in [3.63, 3.8) is 0 Å². The molecular formula is C21H29BrN2O6S. The van der Waals surface area contributed by atoms with Crippen LogP contribution in [0.5, 0.6) is 0 Å². The molecule has 0 saturated heterocycles. The molecule has 10 heteroatoms. The minimum atomic E-state index is -3.96. The number of carbonyl (C=O) groups excluding carboxylic acids is 2. The molecule has 1 aromatic heterocycles. The number of rotatable bonds is 4. The van der Waals surface area contributed by atoms with Gasteiger partial charge >= 0.3 is 12.2 Å². The number of carbonyl (C=O) groups is 2.